The summed E-state index contributed by atoms with van der Waals surface area (Å²) in [6, 6.07) is 13.3. The van der Waals surface area contributed by atoms with E-state index >= 15 is 0 Å². The number of halogens is 1. The molecule has 1 aromatic carbocycles. The van der Waals surface area contributed by atoms with E-state index in [2.05, 4.69) is 4.98 Å². The van der Waals surface area contributed by atoms with Crippen molar-refractivity contribution in [1.29, 1.82) is 0 Å². The Bertz CT molecular complexity index is 826. The molecule has 0 bridgehead atoms. The van der Waals surface area contributed by atoms with Crippen molar-refractivity contribution in [3.8, 4) is 10.6 Å². The Morgan fingerprint density at radius 2 is 1.95 bits per heavy atom. The third kappa shape index (κ3) is 2.64. The van der Waals surface area contributed by atoms with Crippen LogP contribution in [0.15, 0.2) is 42.5 Å². The van der Waals surface area contributed by atoms with Gasteiger partial charge in [-0.1, -0.05) is 29.8 Å². The molecule has 0 saturated heterocycles. The number of benzene rings is 1. The van der Waals surface area contributed by atoms with Crippen molar-refractivity contribution in [3.63, 3.8) is 0 Å². The summed E-state index contributed by atoms with van der Waals surface area (Å²) in [5, 5.41) is 0.864. The summed E-state index contributed by atoms with van der Waals surface area (Å²) < 4.78 is 0.709. The highest BCUT2D eigenvalue weighted by molar-refractivity contribution is 7.19. The molecule has 0 saturated carbocycles. The van der Waals surface area contributed by atoms with E-state index in [1.807, 2.05) is 42.5 Å². The third-order valence-electron chi connectivity index (χ3n) is 3.18. The molecule has 0 aliphatic rings. The lowest BCUT2D eigenvalue weighted by Gasteiger charge is -2.13. The van der Waals surface area contributed by atoms with E-state index in [-0.39, 0.29) is 5.91 Å². The van der Waals surface area contributed by atoms with Crippen LogP contribution in [0, 0.1) is 0 Å². The van der Waals surface area contributed by atoms with Crippen LogP contribution in [0.2, 0.25) is 4.34 Å². The summed E-state index contributed by atoms with van der Waals surface area (Å²) in [5.74, 6) is -0.0301. The number of carbonyl (C=O) groups is 1. The van der Waals surface area contributed by atoms with Crippen molar-refractivity contribution >= 4 is 39.7 Å². The van der Waals surface area contributed by atoms with Crippen LogP contribution < -0.4 is 0 Å². The fraction of sp³-hybridized carbons (Fsp3) is 0.125. The highest BCUT2D eigenvalue weighted by atomic mass is 35.5. The highest BCUT2D eigenvalue weighted by Crippen LogP contribution is 2.32. The summed E-state index contributed by atoms with van der Waals surface area (Å²) in [7, 11) is 3.50. The van der Waals surface area contributed by atoms with E-state index in [0.29, 0.717) is 9.90 Å². The van der Waals surface area contributed by atoms with Crippen molar-refractivity contribution in [2.24, 2.45) is 0 Å². The summed E-state index contributed by atoms with van der Waals surface area (Å²) in [5.41, 5.74) is 2.24. The summed E-state index contributed by atoms with van der Waals surface area (Å²) >= 11 is 7.45. The molecule has 0 radical (unpaired) electrons. The Morgan fingerprint density at radius 1 is 1.19 bits per heavy atom. The first-order chi connectivity index (χ1) is 10.1. The van der Waals surface area contributed by atoms with Crippen LogP contribution in [0.5, 0.6) is 0 Å². The van der Waals surface area contributed by atoms with Gasteiger partial charge < -0.3 is 4.90 Å². The average molecular weight is 317 g/mol. The molecule has 0 spiro atoms. The second-order valence-corrected chi connectivity index (χ2v) is 6.59. The van der Waals surface area contributed by atoms with Crippen LogP contribution in [0.3, 0.4) is 0 Å². The molecule has 3 rings (SSSR count). The number of aromatic nitrogens is 1. The van der Waals surface area contributed by atoms with Crippen LogP contribution in [-0.4, -0.2) is 29.9 Å². The zero-order valence-electron chi connectivity index (χ0n) is 11.6. The quantitative estimate of drug-likeness (QED) is 0.705. The number of amides is 1. The first-order valence-corrected chi connectivity index (χ1v) is 7.63. The Labute approximate surface area is 131 Å². The van der Waals surface area contributed by atoms with E-state index in [4.69, 9.17) is 11.6 Å². The number of hydrogen-bond donors (Lipinski definition) is 0. The summed E-state index contributed by atoms with van der Waals surface area (Å²) in [6.45, 7) is 0. The lowest BCUT2D eigenvalue weighted by molar-refractivity contribution is 0.0829. The molecular weight excluding hydrogens is 304 g/mol. The smallest absolute Gasteiger partial charge is 0.254 e. The standard InChI is InChI=1S/C16H13ClN2OS/c1-19(2)16(20)11-9-13(14-7-8-15(17)21-14)18-12-6-4-3-5-10(11)12/h3-9H,1-2H3. The van der Waals surface area contributed by atoms with Gasteiger partial charge in [0.05, 0.1) is 26.0 Å². The molecule has 1 amide bonds. The second kappa shape index (κ2) is 5.47. The Hall–Kier alpha value is -1.91. The van der Waals surface area contributed by atoms with Crippen LogP contribution in [0.1, 0.15) is 10.4 Å². The normalized spacial score (nSPS) is 10.8. The van der Waals surface area contributed by atoms with Crippen molar-refractivity contribution in [3.05, 3.63) is 52.4 Å². The predicted octanol–water partition coefficient (Wildman–Crippen LogP) is 4.32. The third-order valence-corrected chi connectivity index (χ3v) is 4.43. The maximum Gasteiger partial charge on any atom is 0.254 e. The van der Waals surface area contributed by atoms with Crippen molar-refractivity contribution < 1.29 is 4.79 Å². The topological polar surface area (TPSA) is 33.2 Å². The minimum Gasteiger partial charge on any atom is -0.345 e. The zero-order valence-corrected chi connectivity index (χ0v) is 13.2. The predicted molar refractivity (Wildman–Crippen MR) is 88.1 cm³/mol. The van der Waals surface area contributed by atoms with E-state index in [1.165, 1.54) is 11.3 Å². The number of fused-ring (bicyclic) bond motifs is 1. The van der Waals surface area contributed by atoms with E-state index < -0.39 is 0 Å². The van der Waals surface area contributed by atoms with E-state index in [9.17, 15) is 4.79 Å². The molecule has 0 N–H and O–H groups in total. The van der Waals surface area contributed by atoms with Gasteiger partial charge in [-0.05, 0) is 24.3 Å². The van der Waals surface area contributed by atoms with Gasteiger partial charge in [-0.15, -0.1) is 11.3 Å². The second-order valence-electron chi connectivity index (χ2n) is 4.88. The van der Waals surface area contributed by atoms with E-state index in [1.54, 1.807) is 19.0 Å². The Balaban J connectivity index is 2.26. The average Bonchev–Trinajstić information content (AvgIpc) is 2.92. The number of para-hydroxylation sites is 1. The number of carbonyl (C=O) groups excluding carboxylic acids is 1. The monoisotopic (exact) mass is 316 g/mol. The van der Waals surface area contributed by atoms with Gasteiger partial charge in [0.1, 0.15) is 0 Å². The molecule has 0 unspecified atom stereocenters. The highest BCUT2D eigenvalue weighted by Gasteiger charge is 2.15. The number of hydrogen-bond acceptors (Lipinski definition) is 3. The van der Waals surface area contributed by atoms with Crippen molar-refractivity contribution in [1.82, 2.24) is 9.88 Å². The Morgan fingerprint density at radius 3 is 2.62 bits per heavy atom. The lowest BCUT2D eigenvalue weighted by atomic mass is 10.1. The molecular formula is C16H13ClN2OS. The number of rotatable bonds is 2. The van der Waals surface area contributed by atoms with Crippen molar-refractivity contribution in [2.75, 3.05) is 14.1 Å². The van der Waals surface area contributed by atoms with Crippen LogP contribution in [0.25, 0.3) is 21.5 Å². The molecule has 0 aliphatic carbocycles. The zero-order chi connectivity index (χ0) is 15.0. The molecule has 21 heavy (non-hydrogen) atoms. The summed E-state index contributed by atoms with van der Waals surface area (Å²) in [4.78, 5) is 19.6. The van der Waals surface area contributed by atoms with Gasteiger partial charge in [-0.25, -0.2) is 4.98 Å². The fourth-order valence-corrected chi connectivity index (χ4v) is 3.18. The minimum atomic E-state index is -0.0301. The molecule has 5 heteroatoms. The molecule has 3 aromatic rings. The van der Waals surface area contributed by atoms with Crippen LogP contribution in [0.4, 0.5) is 0 Å². The Kier molecular flexibility index (Phi) is 3.66. The SMILES string of the molecule is CN(C)C(=O)c1cc(-c2ccc(Cl)s2)nc2ccccc12. The molecule has 0 aliphatic heterocycles. The van der Waals surface area contributed by atoms with Crippen molar-refractivity contribution in [2.45, 2.75) is 0 Å². The summed E-state index contributed by atoms with van der Waals surface area (Å²) in [6.07, 6.45) is 0. The van der Waals surface area contributed by atoms with Gasteiger partial charge in [-0.3, -0.25) is 4.79 Å². The first-order valence-electron chi connectivity index (χ1n) is 6.43. The van der Waals surface area contributed by atoms with Gasteiger partial charge in [0, 0.05) is 19.5 Å². The van der Waals surface area contributed by atoms with E-state index in [0.717, 1.165) is 21.5 Å². The lowest BCUT2D eigenvalue weighted by Crippen LogP contribution is -2.22. The maximum atomic E-state index is 12.4. The number of pyridine rings is 1. The molecule has 2 aromatic heterocycles. The molecule has 2 heterocycles. The van der Waals surface area contributed by atoms with Crippen LogP contribution in [-0.2, 0) is 0 Å². The molecule has 0 fully saturated rings. The largest absolute Gasteiger partial charge is 0.345 e. The maximum absolute atomic E-state index is 12.4. The van der Waals surface area contributed by atoms with Gasteiger partial charge in [0.25, 0.3) is 5.91 Å². The van der Waals surface area contributed by atoms with Gasteiger partial charge in [0.2, 0.25) is 0 Å². The fourth-order valence-electron chi connectivity index (χ4n) is 2.17. The van der Waals surface area contributed by atoms with Crippen LogP contribution >= 0.6 is 22.9 Å². The molecule has 3 nitrogen and oxygen atoms in total. The first kappa shape index (κ1) is 14.0. The van der Waals surface area contributed by atoms with Gasteiger partial charge in [0.15, 0.2) is 0 Å². The van der Waals surface area contributed by atoms with Gasteiger partial charge in [-0.2, -0.15) is 0 Å². The molecule has 106 valence electrons. The number of thiophene rings is 1. The minimum absolute atomic E-state index is 0.0301. The molecule has 0 atom stereocenters. The number of nitrogens with zero attached hydrogens (tertiary/aromatic N) is 2. The van der Waals surface area contributed by atoms with Gasteiger partial charge >= 0.3 is 0 Å².